The molecule has 4 heterocycles. The molecule has 5 rings (SSSR count). The van der Waals surface area contributed by atoms with Gasteiger partial charge in [0.15, 0.2) is 11.3 Å². The van der Waals surface area contributed by atoms with Gasteiger partial charge in [-0.25, -0.2) is 23.6 Å². The molecule has 1 aromatic carbocycles. The Morgan fingerprint density at radius 1 is 1.12 bits per heavy atom. The molecule has 1 amide bonds. The molecule has 160 valence electrons. The number of aromatic nitrogens is 8. The van der Waals surface area contributed by atoms with E-state index in [-0.39, 0.29) is 17.5 Å². The van der Waals surface area contributed by atoms with Crippen molar-refractivity contribution in [3.05, 3.63) is 77.9 Å². The van der Waals surface area contributed by atoms with Crippen molar-refractivity contribution in [3.8, 4) is 11.3 Å². The lowest BCUT2D eigenvalue weighted by molar-refractivity contribution is 0.102. The summed E-state index contributed by atoms with van der Waals surface area (Å²) in [5.41, 5.74) is 4.22. The molecule has 0 spiro atoms. The van der Waals surface area contributed by atoms with Gasteiger partial charge in [0.1, 0.15) is 12.1 Å². The first kappa shape index (κ1) is 19.5. The Kier molecular flexibility index (Phi) is 4.70. The number of rotatable bonds is 5. The number of aryl methyl sites for hydroxylation is 1. The summed E-state index contributed by atoms with van der Waals surface area (Å²) in [6, 6.07) is 9.52. The number of carbonyl (C=O) groups is 1. The van der Waals surface area contributed by atoms with E-state index < -0.39 is 5.91 Å². The maximum absolute atomic E-state index is 13.1. The topological polar surface area (TPSA) is 108 Å². The summed E-state index contributed by atoms with van der Waals surface area (Å²) >= 11 is 0. The monoisotopic (exact) mass is 431 g/mol. The standard InChI is InChI=1S/C21H18FN9O/c1-13-16(10-25-29(13)2)18-7-8-23-19-9-17(27-31(18)19)20(32)26-21-24-12-30(28-21)11-14-3-5-15(22)6-4-14/h3-10,12H,11H2,1-2H3,(H,26,28,32). The third-order valence-electron chi connectivity index (χ3n) is 5.12. The van der Waals surface area contributed by atoms with Gasteiger partial charge in [0.2, 0.25) is 5.95 Å². The highest BCUT2D eigenvalue weighted by Gasteiger charge is 2.17. The number of nitrogens with zero attached hydrogens (tertiary/aromatic N) is 8. The molecule has 0 saturated heterocycles. The average molecular weight is 431 g/mol. The van der Waals surface area contributed by atoms with Gasteiger partial charge in [0.05, 0.1) is 18.4 Å². The molecule has 0 unspecified atom stereocenters. The van der Waals surface area contributed by atoms with Gasteiger partial charge >= 0.3 is 0 Å². The molecule has 0 fully saturated rings. The Morgan fingerprint density at radius 3 is 2.69 bits per heavy atom. The normalized spacial score (nSPS) is 11.2. The van der Waals surface area contributed by atoms with E-state index >= 15 is 0 Å². The molecule has 32 heavy (non-hydrogen) atoms. The van der Waals surface area contributed by atoms with Crippen molar-refractivity contribution in [2.75, 3.05) is 5.32 Å². The molecule has 0 bridgehead atoms. The van der Waals surface area contributed by atoms with Gasteiger partial charge in [-0.15, -0.1) is 5.10 Å². The number of fused-ring (bicyclic) bond motifs is 1. The van der Waals surface area contributed by atoms with Crippen LogP contribution in [0.3, 0.4) is 0 Å². The van der Waals surface area contributed by atoms with Gasteiger partial charge in [-0.2, -0.15) is 10.2 Å². The summed E-state index contributed by atoms with van der Waals surface area (Å²) in [7, 11) is 1.86. The van der Waals surface area contributed by atoms with E-state index in [4.69, 9.17) is 0 Å². The molecule has 5 aromatic rings. The molecular formula is C21H18FN9O. The van der Waals surface area contributed by atoms with Crippen molar-refractivity contribution in [1.82, 2.24) is 39.1 Å². The molecule has 0 radical (unpaired) electrons. The van der Waals surface area contributed by atoms with Crippen molar-refractivity contribution < 1.29 is 9.18 Å². The molecule has 0 aliphatic rings. The first-order valence-corrected chi connectivity index (χ1v) is 9.77. The third-order valence-corrected chi connectivity index (χ3v) is 5.12. The number of carbonyl (C=O) groups excluding carboxylic acids is 1. The number of nitrogens with one attached hydrogen (secondary N) is 1. The number of anilines is 1. The van der Waals surface area contributed by atoms with Crippen LogP contribution in [0.15, 0.2) is 55.1 Å². The smallest absolute Gasteiger partial charge is 0.278 e. The van der Waals surface area contributed by atoms with Crippen molar-refractivity contribution in [2.45, 2.75) is 13.5 Å². The Bertz CT molecular complexity index is 1430. The van der Waals surface area contributed by atoms with Crippen LogP contribution in [0.1, 0.15) is 21.7 Å². The summed E-state index contributed by atoms with van der Waals surface area (Å²) in [6.07, 6.45) is 4.91. The number of benzene rings is 1. The van der Waals surface area contributed by atoms with Crippen LogP contribution >= 0.6 is 0 Å². The van der Waals surface area contributed by atoms with Crippen LogP contribution < -0.4 is 5.32 Å². The van der Waals surface area contributed by atoms with E-state index in [1.807, 2.05) is 20.0 Å². The van der Waals surface area contributed by atoms with Gasteiger partial charge in [0, 0.05) is 30.6 Å². The first-order chi connectivity index (χ1) is 15.5. The van der Waals surface area contributed by atoms with Crippen molar-refractivity contribution in [1.29, 1.82) is 0 Å². The Balaban J connectivity index is 1.36. The van der Waals surface area contributed by atoms with Crippen molar-refractivity contribution in [2.24, 2.45) is 7.05 Å². The Labute approximate surface area is 181 Å². The lowest BCUT2D eigenvalue weighted by Crippen LogP contribution is -2.14. The van der Waals surface area contributed by atoms with Crippen LogP contribution in [-0.4, -0.2) is 45.1 Å². The Morgan fingerprint density at radius 2 is 1.94 bits per heavy atom. The zero-order valence-electron chi connectivity index (χ0n) is 17.3. The van der Waals surface area contributed by atoms with E-state index in [2.05, 4.69) is 30.6 Å². The highest BCUT2D eigenvalue weighted by atomic mass is 19.1. The van der Waals surface area contributed by atoms with E-state index in [1.54, 1.807) is 44.5 Å². The summed E-state index contributed by atoms with van der Waals surface area (Å²) < 4.78 is 18.0. The van der Waals surface area contributed by atoms with Crippen LogP contribution in [0.2, 0.25) is 0 Å². The van der Waals surface area contributed by atoms with Gasteiger partial charge in [0.25, 0.3) is 5.91 Å². The molecule has 0 aliphatic carbocycles. The van der Waals surface area contributed by atoms with Crippen molar-refractivity contribution >= 4 is 17.5 Å². The van der Waals surface area contributed by atoms with Gasteiger partial charge in [-0.1, -0.05) is 12.1 Å². The minimum atomic E-state index is -0.455. The molecular weight excluding hydrogens is 413 g/mol. The Hall–Kier alpha value is -4.41. The quantitative estimate of drug-likeness (QED) is 0.458. The fourth-order valence-corrected chi connectivity index (χ4v) is 3.33. The molecule has 0 saturated carbocycles. The largest absolute Gasteiger partial charge is 0.288 e. The van der Waals surface area contributed by atoms with Crippen LogP contribution in [-0.2, 0) is 13.6 Å². The second-order valence-corrected chi connectivity index (χ2v) is 7.24. The molecule has 0 aliphatic heterocycles. The second kappa shape index (κ2) is 7.69. The molecule has 10 nitrogen and oxygen atoms in total. The zero-order chi connectivity index (χ0) is 22.2. The first-order valence-electron chi connectivity index (χ1n) is 9.77. The fourth-order valence-electron chi connectivity index (χ4n) is 3.33. The summed E-state index contributed by atoms with van der Waals surface area (Å²) in [5, 5.41) is 15.6. The number of hydrogen-bond acceptors (Lipinski definition) is 6. The highest BCUT2D eigenvalue weighted by molar-refractivity contribution is 6.02. The minimum absolute atomic E-state index is 0.144. The van der Waals surface area contributed by atoms with Gasteiger partial charge < -0.3 is 0 Å². The predicted octanol–water partition coefficient (Wildman–Crippen LogP) is 2.47. The lowest BCUT2D eigenvalue weighted by atomic mass is 10.2. The minimum Gasteiger partial charge on any atom is -0.288 e. The maximum Gasteiger partial charge on any atom is 0.278 e. The van der Waals surface area contributed by atoms with Crippen LogP contribution in [0.25, 0.3) is 16.9 Å². The van der Waals surface area contributed by atoms with Crippen LogP contribution in [0, 0.1) is 12.7 Å². The zero-order valence-corrected chi connectivity index (χ0v) is 17.3. The predicted molar refractivity (Wildman–Crippen MR) is 113 cm³/mol. The number of amides is 1. The molecule has 11 heteroatoms. The summed E-state index contributed by atoms with van der Waals surface area (Å²) in [4.78, 5) is 21.2. The second-order valence-electron chi connectivity index (χ2n) is 7.24. The van der Waals surface area contributed by atoms with Crippen molar-refractivity contribution in [3.63, 3.8) is 0 Å². The number of hydrogen-bond donors (Lipinski definition) is 1. The van der Waals surface area contributed by atoms with Crippen LogP contribution in [0.4, 0.5) is 10.3 Å². The van der Waals surface area contributed by atoms with E-state index in [9.17, 15) is 9.18 Å². The van der Waals surface area contributed by atoms with Gasteiger partial charge in [-0.05, 0) is 30.7 Å². The SMILES string of the molecule is Cc1c(-c2ccnc3cc(C(=O)Nc4ncn(Cc5ccc(F)cc5)n4)nn23)cnn1C. The molecule has 0 atom stereocenters. The third kappa shape index (κ3) is 3.60. The summed E-state index contributed by atoms with van der Waals surface area (Å²) in [6.45, 7) is 2.36. The fraction of sp³-hybridized carbons (Fsp3) is 0.143. The van der Waals surface area contributed by atoms with Gasteiger partial charge in [-0.3, -0.25) is 14.8 Å². The van der Waals surface area contributed by atoms with E-state index in [1.165, 1.54) is 18.5 Å². The lowest BCUT2D eigenvalue weighted by Gasteiger charge is -2.03. The maximum atomic E-state index is 13.1. The molecule has 1 N–H and O–H groups in total. The van der Waals surface area contributed by atoms with E-state index in [0.29, 0.717) is 12.2 Å². The highest BCUT2D eigenvalue weighted by Crippen LogP contribution is 2.23. The number of halogens is 1. The summed E-state index contributed by atoms with van der Waals surface area (Å²) in [5.74, 6) is -0.613. The average Bonchev–Trinajstić information content (AvgIpc) is 3.49. The van der Waals surface area contributed by atoms with Crippen LogP contribution in [0.5, 0.6) is 0 Å². The molecule has 4 aromatic heterocycles. The van der Waals surface area contributed by atoms with E-state index in [0.717, 1.165) is 22.5 Å².